The zero-order chi connectivity index (χ0) is 24.0. The molecule has 30 heavy (non-hydrogen) atoms. The second-order valence-corrected chi connectivity index (χ2v) is 10.9. The van der Waals surface area contributed by atoms with Gasteiger partial charge in [-0.05, 0) is 93.9 Å². The van der Waals surface area contributed by atoms with Crippen molar-refractivity contribution >= 4 is 11.9 Å². The molecule has 8 nitrogen and oxygen atoms in total. The van der Waals surface area contributed by atoms with E-state index in [-0.39, 0.29) is 35.0 Å². The Bertz CT molecular complexity index is 490. The zero-order valence-electron chi connectivity index (χ0n) is 20.2. The number of carboxylic acids is 2. The Morgan fingerprint density at radius 2 is 0.800 bits per heavy atom. The number of hydrogen-bond acceptors (Lipinski definition) is 6. The highest BCUT2D eigenvalue weighted by atomic mass is 16.5. The molecule has 2 heterocycles. The predicted octanol–water partition coefficient (Wildman–Crippen LogP) is 4.77. The summed E-state index contributed by atoms with van der Waals surface area (Å²) in [6.07, 6.45) is 6.21. The van der Waals surface area contributed by atoms with Crippen LogP contribution < -0.4 is 0 Å². The number of hydrogen-bond donors (Lipinski definition) is 4. The normalized spacial score (nSPS) is 24.5. The molecule has 4 N–H and O–H groups in total. The average molecular weight is 433 g/mol. The standard InChI is InChI=1S/2C9H19NO.C4H6O4/c2*1-8(2)6-5-7-9(3,4)10(8)11;5-3(6)1-2-4(7)8/h2*11H,5-7H2,1-4H3;1-2H2,(H,5,6)(H,7,8). The van der Waals surface area contributed by atoms with Crippen LogP contribution in [0.1, 0.15) is 107 Å². The number of carboxylic acid groups (broad SMARTS) is 2. The molecule has 2 rings (SSSR count). The maximum atomic E-state index is 9.80. The second-order valence-electron chi connectivity index (χ2n) is 10.9. The lowest BCUT2D eigenvalue weighted by molar-refractivity contribution is -0.241. The molecule has 0 radical (unpaired) electrons. The van der Waals surface area contributed by atoms with Crippen LogP contribution in [-0.4, -0.2) is 64.8 Å². The summed E-state index contributed by atoms with van der Waals surface area (Å²) >= 11 is 0. The van der Waals surface area contributed by atoms with Crippen LogP contribution in [0.15, 0.2) is 0 Å². The molecule has 2 saturated heterocycles. The first-order chi connectivity index (χ1) is 13.3. The van der Waals surface area contributed by atoms with Gasteiger partial charge in [0.15, 0.2) is 0 Å². The third-order valence-corrected chi connectivity index (χ3v) is 6.00. The maximum Gasteiger partial charge on any atom is 0.303 e. The fourth-order valence-corrected chi connectivity index (χ4v) is 4.18. The van der Waals surface area contributed by atoms with Crippen LogP contribution in [0.4, 0.5) is 0 Å². The highest BCUT2D eigenvalue weighted by Crippen LogP contribution is 2.36. The van der Waals surface area contributed by atoms with E-state index in [2.05, 4.69) is 55.4 Å². The van der Waals surface area contributed by atoms with E-state index in [1.807, 2.05) is 0 Å². The van der Waals surface area contributed by atoms with Gasteiger partial charge in [0.2, 0.25) is 0 Å². The van der Waals surface area contributed by atoms with Gasteiger partial charge in [0.1, 0.15) is 0 Å². The summed E-state index contributed by atoms with van der Waals surface area (Å²) in [5.41, 5.74) is -0.160. The van der Waals surface area contributed by atoms with Gasteiger partial charge >= 0.3 is 11.9 Å². The predicted molar refractivity (Wildman–Crippen MR) is 116 cm³/mol. The SMILES string of the molecule is CC1(C)CCCC(C)(C)N1O.CC1(C)CCCC(C)(C)N1O.O=C(O)CCC(=O)O. The van der Waals surface area contributed by atoms with Crippen molar-refractivity contribution in [3.05, 3.63) is 0 Å². The van der Waals surface area contributed by atoms with Gasteiger partial charge in [-0.1, -0.05) is 0 Å². The maximum absolute atomic E-state index is 9.80. The molecule has 8 heteroatoms. The van der Waals surface area contributed by atoms with E-state index in [4.69, 9.17) is 10.2 Å². The minimum atomic E-state index is -1.08. The molecular weight excluding hydrogens is 388 g/mol. The van der Waals surface area contributed by atoms with Crippen LogP contribution in [-0.2, 0) is 9.59 Å². The van der Waals surface area contributed by atoms with Gasteiger partial charge in [-0.25, -0.2) is 0 Å². The lowest BCUT2D eigenvalue weighted by Gasteiger charge is -2.48. The molecule has 2 aliphatic rings. The van der Waals surface area contributed by atoms with Crippen molar-refractivity contribution in [3.8, 4) is 0 Å². The van der Waals surface area contributed by atoms with Crippen LogP contribution in [0, 0.1) is 0 Å². The summed E-state index contributed by atoms with van der Waals surface area (Å²) in [5.74, 6) is -2.15. The Balaban J connectivity index is 0.000000428. The number of rotatable bonds is 3. The highest BCUT2D eigenvalue weighted by molar-refractivity contribution is 5.75. The first kappa shape index (κ1) is 28.8. The minimum absolute atomic E-state index is 0.0399. The molecule has 0 aromatic heterocycles. The van der Waals surface area contributed by atoms with Gasteiger partial charge in [-0.3, -0.25) is 9.59 Å². The van der Waals surface area contributed by atoms with Gasteiger partial charge in [-0.15, -0.1) is 0 Å². The lowest BCUT2D eigenvalue weighted by atomic mass is 9.82. The van der Waals surface area contributed by atoms with E-state index < -0.39 is 11.9 Å². The molecule has 178 valence electrons. The first-order valence-corrected chi connectivity index (χ1v) is 10.8. The first-order valence-electron chi connectivity index (χ1n) is 10.8. The monoisotopic (exact) mass is 432 g/mol. The van der Waals surface area contributed by atoms with E-state index in [9.17, 15) is 20.0 Å². The van der Waals surface area contributed by atoms with Crippen molar-refractivity contribution in [2.45, 2.75) is 129 Å². The van der Waals surface area contributed by atoms with Crippen molar-refractivity contribution in [3.63, 3.8) is 0 Å². The van der Waals surface area contributed by atoms with Gasteiger partial charge in [0.25, 0.3) is 0 Å². The number of nitrogens with zero attached hydrogens (tertiary/aromatic N) is 2. The van der Waals surface area contributed by atoms with Gasteiger partial charge in [-0.2, -0.15) is 10.1 Å². The molecule has 2 aliphatic heterocycles. The van der Waals surface area contributed by atoms with E-state index in [1.54, 1.807) is 0 Å². The summed E-state index contributed by atoms with van der Waals surface area (Å²) in [4.78, 5) is 19.3. The van der Waals surface area contributed by atoms with Gasteiger partial charge < -0.3 is 20.6 Å². The van der Waals surface area contributed by atoms with E-state index in [1.165, 1.54) is 23.0 Å². The molecule has 0 atom stereocenters. The summed E-state index contributed by atoms with van der Waals surface area (Å²) < 4.78 is 0. The molecule has 0 saturated carbocycles. The summed E-state index contributed by atoms with van der Waals surface area (Å²) in [6, 6.07) is 0. The van der Waals surface area contributed by atoms with Crippen LogP contribution >= 0.6 is 0 Å². The van der Waals surface area contributed by atoms with E-state index in [0.29, 0.717) is 0 Å². The Kier molecular flexibility index (Phi) is 10.4. The largest absolute Gasteiger partial charge is 0.481 e. The molecule has 0 amide bonds. The van der Waals surface area contributed by atoms with Gasteiger partial charge in [0.05, 0.1) is 12.8 Å². The second kappa shape index (κ2) is 10.9. The summed E-state index contributed by atoms with van der Waals surface area (Å²) in [6.45, 7) is 16.7. The zero-order valence-corrected chi connectivity index (χ0v) is 20.2. The topological polar surface area (TPSA) is 122 Å². The van der Waals surface area contributed by atoms with E-state index in [0.717, 1.165) is 25.7 Å². The van der Waals surface area contributed by atoms with Crippen LogP contribution in [0.3, 0.4) is 0 Å². The number of carbonyl (C=O) groups is 2. The van der Waals surface area contributed by atoms with Crippen LogP contribution in [0.25, 0.3) is 0 Å². The smallest absolute Gasteiger partial charge is 0.303 e. The number of aliphatic carboxylic acids is 2. The molecule has 0 aliphatic carbocycles. The number of hydroxylamine groups is 4. The van der Waals surface area contributed by atoms with Crippen molar-refractivity contribution in [2.75, 3.05) is 0 Å². The van der Waals surface area contributed by atoms with Crippen molar-refractivity contribution in [1.29, 1.82) is 0 Å². The highest BCUT2D eigenvalue weighted by Gasteiger charge is 2.41. The summed E-state index contributed by atoms with van der Waals surface area (Å²) in [5, 5.41) is 38.4. The number of piperidine rings is 2. The Morgan fingerprint density at radius 3 is 0.933 bits per heavy atom. The Morgan fingerprint density at radius 1 is 0.600 bits per heavy atom. The fourth-order valence-electron chi connectivity index (χ4n) is 4.18. The van der Waals surface area contributed by atoms with Gasteiger partial charge in [0, 0.05) is 22.2 Å². The van der Waals surface area contributed by atoms with Crippen LogP contribution in [0.5, 0.6) is 0 Å². The molecule has 0 spiro atoms. The molecule has 0 bridgehead atoms. The quantitative estimate of drug-likeness (QED) is 0.503. The van der Waals surface area contributed by atoms with E-state index >= 15 is 0 Å². The molecule has 0 aromatic carbocycles. The van der Waals surface area contributed by atoms with Crippen LogP contribution in [0.2, 0.25) is 0 Å². The average Bonchev–Trinajstić information content (AvgIpc) is 2.57. The molecular formula is C22H44N2O6. The third kappa shape index (κ3) is 9.29. The van der Waals surface area contributed by atoms with Crippen molar-refractivity contribution < 1.29 is 30.2 Å². The summed E-state index contributed by atoms with van der Waals surface area (Å²) in [7, 11) is 0. The Hall–Kier alpha value is -1.22. The Labute approximate surface area is 181 Å². The molecule has 2 fully saturated rings. The molecule has 0 unspecified atom stereocenters. The fraction of sp³-hybridized carbons (Fsp3) is 0.909. The molecule has 0 aromatic rings. The minimum Gasteiger partial charge on any atom is -0.481 e. The van der Waals surface area contributed by atoms with Crippen molar-refractivity contribution in [1.82, 2.24) is 10.1 Å². The van der Waals surface area contributed by atoms with Crippen molar-refractivity contribution in [2.24, 2.45) is 0 Å². The third-order valence-electron chi connectivity index (χ3n) is 6.00. The lowest BCUT2D eigenvalue weighted by Crippen LogP contribution is -2.56.